The molecule has 4 N–H and O–H groups in total. The second-order valence-electron chi connectivity index (χ2n) is 4.82. The van der Waals surface area contributed by atoms with Gasteiger partial charge in [-0.3, -0.25) is 5.43 Å². The van der Waals surface area contributed by atoms with Gasteiger partial charge in [-0.2, -0.15) is 0 Å². The molecule has 0 radical (unpaired) electrons. The summed E-state index contributed by atoms with van der Waals surface area (Å²) in [5, 5.41) is 5.51. The first kappa shape index (κ1) is 13.4. The van der Waals surface area contributed by atoms with Gasteiger partial charge in [0.25, 0.3) is 0 Å². The van der Waals surface area contributed by atoms with E-state index < -0.39 is 0 Å². The third-order valence-corrected chi connectivity index (χ3v) is 4.44. The summed E-state index contributed by atoms with van der Waals surface area (Å²) >= 11 is 1.74. The molecular formula is C13H22N4S. The van der Waals surface area contributed by atoms with Crippen LogP contribution in [0.25, 0.3) is 0 Å². The third-order valence-electron chi connectivity index (χ3n) is 3.43. The normalized spacial score (nSPS) is 17.8. The minimum absolute atomic E-state index is 0.526. The van der Waals surface area contributed by atoms with Gasteiger partial charge in [0.1, 0.15) is 0 Å². The zero-order chi connectivity index (χ0) is 12.8. The Hall–Kier alpha value is -1.07. The molecule has 4 nitrogen and oxygen atoms in total. The summed E-state index contributed by atoms with van der Waals surface area (Å²) in [6, 6.07) is 2.65. The molecule has 0 spiro atoms. The minimum atomic E-state index is 0.526. The topological polar surface area (TPSA) is 62.4 Å². The number of thiophene rings is 1. The second kappa shape index (κ2) is 6.75. The fourth-order valence-electron chi connectivity index (χ4n) is 2.29. The van der Waals surface area contributed by atoms with Crippen molar-refractivity contribution in [3.05, 3.63) is 21.9 Å². The predicted molar refractivity (Wildman–Crippen MR) is 77.5 cm³/mol. The van der Waals surface area contributed by atoms with E-state index in [-0.39, 0.29) is 0 Å². The molecule has 18 heavy (non-hydrogen) atoms. The van der Waals surface area contributed by atoms with Gasteiger partial charge < -0.3 is 5.32 Å². The SMILES string of the molecule is Cc1ccsc1CN=C(NN)NC1CCCCC1. The van der Waals surface area contributed by atoms with Crippen molar-refractivity contribution < 1.29 is 0 Å². The van der Waals surface area contributed by atoms with Gasteiger partial charge in [0.15, 0.2) is 0 Å². The van der Waals surface area contributed by atoms with E-state index >= 15 is 0 Å². The highest BCUT2D eigenvalue weighted by molar-refractivity contribution is 7.10. The van der Waals surface area contributed by atoms with Crippen molar-refractivity contribution in [2.24, 2.45) is 10.8 Å². The number of nitrogens with one attached hydrogen (secondary N) is 2. The van der Waals surface area contributed by atoms with Crippen molar-refractivity contribution >= 4 is 17.3 Å². The van der Waals surface area contributed by atoms with E-state index in [2.05, 4.69) is 34.1 Å². The second-order valence-corrected chi connectivity index (χ2v) is 5.82. The van der Waals surface area contributed by atoms with Crippen LogP contribution in [-0.4, -0.2) is 12.0 Å². The molecule has 1 aliphatic carbocycles. The van der Waals surface area contributed by atoms with Crippen LogP contribution in [0.4, 0.5) is 0 Å². The lowest BCUT2D eigenvalue weighted by molar-refractivity contribution is 0.410. The molecule has 1 aromatic rings. The van der Waals surface area contributed by atoms with Crippen molar-refractivity contribution in [3.8, 4) is 0 Å². The largest absolute Gasteiger partial charge is 0.353 e. The molecular weight excluding hydrogens is 244 g/mol. The van der Waals surface area contributed by atoms with Crippen molar-refractivity contribution in [3.63, 3.8) is 0 Å². The van der Waals surface area contributed by atoms with E-state index in [0.29, 0.717) is 12.6 Å². The van der Waals surface area contributed by atoms with Gasteiger partial charge in [0.05, 0.1) is 6.54 Å². The Balaban J connectivity index is 1.89. The molecule has 0 saturated heterocycles. The Bertz CT molecular complexity index is 393. The minimum Gasteiger partial charge on any atom is -0.353 e. The number of guanidine groups is 1. The van der Waals surface area contributed by atoms with Gasteiger partial charge in [0.2, 0.25) is 5.96 Å². The maximum absolute atomic E-state index is 5.53. The Morgan fingerprint density at radius 3 is 2.83 bits per heavy atom. The maximum atomic E-state index is 5.53. The fourth-order valence-corrected chi connectivity index (χ4v) is 3.12. The molecule has 1 aliphatic rings. The number of nitrogens with zero attached hydrogens (tertiary/aromatic N) is 1. The predicted octanol–water partition coefficient (Wildman–Crippen LogP) is 2.30. The number of aliphatic imine (C=N–C) groups is 1. The standard InChI is InChI=1S/C13H22N4S/c1-10-7-8-18-12(10)9-15-13(17-14)16-11-5-3-2-4-6-11/h7-8,11H,2-6,9,14H2,1H3,(H2,15,16,17). The van der Waals surface area contributed by atoms with Gasteiger partial charge in [0, 0.05) is 10.9 Å². The third kappa shape index (κ3) is 3.71. The zero-order valence-electron chi connectivity index (χ0n) is 10.9. The highest BCUT2D eigenvalue weighted by Gasteiger charge is 2.14. The summed E-state index contributed by atoms with van der Waals surface area (Å²) in [6.07, 6.45) is 6.41. The lowest BCUT2D eigenvalue weighted by Gasteiger charge is -2.24. The maximum Gasteiger partial charge on any atom is 0.206 e. The van der Waals surface area contributed by atoms with Crippen molar-refractivity contribution in [2.45, 2.75) is 51.6 Å². The molecule has 0 aromatic carbocycles. The number of nitrogens with two attached hydrogens (primary N) is 1. The number of hydrogen-bond donors (Lipinski definition) is 3. The first-order valence-electron chi connectivity index (χ1n) is 6.60. The van der Waals surface area contributed by atoms with E-state index in [4.69, 9.17) is 5.84 Å². The molecule has 2 rings (SSSR count). The Morgan fingerprint density at radius 1 is 1.44 bits per heavy atom. The van der Waals surface area contributed by atoms with Crippen LogP contribution >= 0.6 is 11.3 Å². The summed E-state index contributed by atoms with van der Waals surface area (Å²) in [7, 11) is 0. The van der Waals surface area contributed by atoms with Crippen LogP contribution in [0.1, 0.15) is 42.5 Å². The number of rotatable bonds is 3. The van der Waals surface area contributed by atoms with Crippen LogP contribution in [0.15, 0.2) is 16.4 Å². The Kier molecular flexibility index (Phi) is 5.01. The molecule has 0 aliphatic heterocycles. The van der Waals surface area contributed by atoms with Gasteiger partial charge >= 0.3 is 0 Å². The lowest BCUT2D eigenvalue weighted by Crippen LogP contribution is -2.47. The molecule has 0 bridgehead atoms. The van der Waals surface area contributed by atoms with E-state index in [1.54, 1.807) is 11.3 Å². The molecule has 0 amide bonds. The monoisotopic (exact) mass is 266 g/mol. The summed E-state index contributed by atoms with van der Waals surface area (Å²) < 4.78 is 0. The molecule has 5 heteroatoms. The van der Waals surface area contributed by atoms with Crippen LogP contribution in [-0.2, 0) is 6.54 Å². The summed E-state index contributed by atoms with van der Waals surface area (Å²) in [5.74, 6) is 6.24. The van der Waals surface area contributed by atoms with Crippen LogP contribution in [0.2, 0.25) is 0 Å². The average molecular weight is 266 g/mol. The number of hydrazine groups is 1. The van der Waals surface area contributed by atoms with Crippen molar-refractivity contribution in [2.75, 3.05) is 0 Å². The van der Waals surface area contributed by atoms with Crippen molar-refractivity contribution in [1.82, 2.24) is 10.7 Å². The van der Waals surface area contributed by atoms with Gasteiger partial charge in [-0.15, -0.1) is 11.3 Å². The van der Waals surface area contributed by atoms with Crippen LogP contribution in [0, 0.1) is 6.92 Å². The average Bonchev–Trinajstić information content (AvgIpc) is 2.81. The van der Waals surface area contributed by atoms with Gasteiger partial charge in [-0.25, -0.2) is 10.8 Å². The Labute approximate surface area is 113 Å². The quantitative estimate of drug-likeness (QED) is 0.340. The zero-order valence-corrected chi connectivity index (χ0v) is 11.7. The lowest BCUT2D eigenvalue weighted by atomic mass is 9.96. The highest BCUT2D eigenvalue weighted by Crippen LogP contribution is 2.18. The molecule has 1 heterocycles. The van der Waals surface area contributed by atoms with Crippen LogP contribution in [0.3, 0.4) is 0 Å². The van der Waals surface area contributed by atoms with Gasteiger partial charge in [-0.05, 0) is 36.8 Å². The molecule has 1 fully saturated rings. The molecule has 100 valence electrons. The number of hydrogen-bond acceptors (Lipinski definition) is 3. The fraction of sp³-hybridized carbons (Fsp3) is 0.615. The van der Waals surface area contributed by atoms with E-state index in [1.807, 2.05) is 0 Å². The van der Waals surface area contributed by atoms with E-state index in [0.717, 1.165) is 5.96 Å². The Morgan fingerprint density at radius 2 is 2.22 bits per heavy atom. The van der Waals surface area contributed by atoms with Crippen molar-refractivity contribution in [1.29, 1.82) is 0 Å². The first-order valence-corrected chi connectivity index (χ1v) is 7.48. The van der Waals surface area contributed by atoms with E-state index in [1.165, 1.54) is 42.5 Å². The first-order chi connectivity index (χ1) is 8.79. The van der Waals surface area contributed by atoms with Crippen LogP contribution < -0.4 is 16.6 Å². The molecule has 0 unspecified atom stereocenters. The van der Waals surface area contributed by atoms with Crippen LogP contribution in [0.5, 0.6) is 0 Å². The summed E-state index contributed by atoms with van der Waals surface area (Å²) in [5.41, 5.74) is 3.98. The highest BCUT2D eigenvalue weighted by atomic mass is 32.1. The summed E-state index contributed by atoms with van der Waals surface area (Å²) in [4.78, 5) is 5.82. The number of aryl methyl sites for hydroxylation is 1. The summed E-state index contributed by atoms with van der Waals surface area (Å²) in [6.45, 7) is 2.81. The van der Waals surface area contributed by atoms with Gasteiger partial charge in [-0.1, -0.05) is 19.3 Å². The molecule has 1 aromatic heterocycles. The molecule has 1 saturated carbocycles. The van der Waals surface area contributed by atoms with E-state index in [9.17, 15) is 0 Å². The molecule has 0 atom stereocenters. The smallest absolute Gasteiger partial charge is 0.206 e.